The number of esters is 1. The van der Waals surface area contributed by atoms with Crippen LogP contribution in [0, 0.1) is 0 Å². The van der Waals surface area contributed by atoms with Crippen LogP contribution in [0.1, 0.15) is 36.5 Å². The fraction of sp³-hybridized carbons (Fsp3) is 0.353. The van der Waals surface area contributed by atoms with Crippen LogP contribution in [0.15, 0.2) is 104 Å². The topological polar surface area (TPSA) is 74.3 Å². The first-order valence-corrected chi connectivity index (χ1v) is 14.1. The normalized spacial score (nSPS) is 20.4. The maximum Gasteiger partial charge on any atom is 0.302 e. The number of ether oxygens (including phenoxy) is 4. The zero-order chi connectivity index (χ0) is 28.9. The van der Waals surface area contributed by atoms with E-state index in [1.54, 1.807) is 11.0 Å². The van der Waals surface area contributed by atoms with E-state index >= 15 is 0 Å². The second-order valence-corrected chi connectivity index (χ2v) is 10.1. The third-order valence-electron chi connectivity index (χ3n) is 7.06. The highest BCUT2D eigenvalue weighted by atomic mass is 16.6. The van der Waals surface area contributed by atoms with Gasteiger partial charge in [0.05, 0.1) is 32.4 Å². The Morgan fingerprint density at radius 3 is 1.76 bits per heavy atom. The summed E-state index contributed by atoms with van der Waals surface area (Å²) >= 11 is 0. The molecule has 4 rings (SSSR count). The third-order valence-corrected chi connectivity index (χ3v) is 7.06. The summed E-state index contributed by atoms with van der Waals surface area (Å²) in [4.78, 5) is 27.2. The monoisotopic (exact) mass is 557 g/mol. The molecule has 0 radical (unpaired) electrons. The van der Waals surface area contributed by atoms with Gasteiger partial charge in [0.25, 0.3) is 0 Å². The second-order valence-electron chi connectivity index (χ2n) is 10.1. The fourth-order valence-electron chi connectivity index (χ4n) is 4.95. The molecule has 0 aromatic heterocycles. The maximum atomic E-state index is 13.5. The third kappa shape index (κ3) is 9.11. The van der Waals surface area contributed by atoms with Gasteiger partial charge in [-0.3, -0.25) is 9.59 Å². The van der Waals surface area contributed by atoms with Gasteiger partial charge in [-0.15, -0.1) is 6.58 Å². The number of amides is 1. The molecule has 0 aliphatic carbocycles. The molecular formula is C34H39NO6. The molecule has 4 atom stereocenters. The van der Waals surface area contributed by atoms with E-state index in [9.17, 15) is 9.59 Å². The van der Waals surface area contributed by atoms with Gasteiger partial charge in [-0.05, 0) is 23.1 Å². The lowest BCUT2D eigenvalue weighted by atomic mass is 9.92. The van der Waals surface area contributed by atoms with Crippen molar-refractivity contribution >= 4 is 11.9 Å². The Bertz CT molecular complexity index is 1220. The highest BCUT2D eigenvalue weighted by Gasteiger charge is 2.48. The average molecular weight is 558 g/mol. The number of nitrogens with zero attached hydrogens (tertiary/aromatic N) is 1. The summed E-state index contributed by atoms with van der Waals surface area (Å²) in [6.07, 6.45) is 0.899. The fourth-order valence-corrected chi connectivity index (χ4v) is 4.95. The van der Waals surface area contributed by atoms with E-state index in [4.69, 9.17) is 18.9 Å². The number of likely N-dealkylation sites (tertiary alicyclic amines) is 1. The zero-order valence-electron chi connectivity index (χ0n) is 23.6. The summed E-state index contributed by atoms with van der Waals surface area (Å²) in [5.41, 5.74) is 3.01. The molecule has 3 aromatic carbocycles. The lowest BCUT2D eigenvalue weighted by Crippen LogP contribution is -2.66. The minimum Gasteiger partial charge on any atom is -0.464 e. The number of carbonyl (C=O) groups is 2. The Balaban J connectivity index is 1.67. The molecule has 7 heteroatoms. The molecule has 1 amide bonds. The lowest BCUT2D eigenvalue weighted by molar-refractivity contribution is -0.211. The van der Waals surface area contributed by atoms with Crippen LogP contribution < -0.4 is 0 Å². The summed E-state index contributed by atoms with van der Waals surface area (Å²) in [5.74, 6) is -0.500. The number of hydrogen-bond donors (Lipinski definition) is 0. The van der Waals surface area contributed by atoms with Gasteiger partial charge in [-0.1, -0.05) is 97.1 Å². The van der Waals surface area contributed by atoms with Gasteiger partial charge in [0.1, 0.15) is 24.9 Å². The molecule has 1 saturated heterocycles. The van der Waals surface area contributed by atoms with Gasteiger partial charge in [0.15, 0.2) is 0 Å². The van der Waals surface area contributed by atoms with Crippen LogP contribution in [0.5, 0.6) is 0 Å². The molecular weight excluding hydrogens is 518 g/mol. The number of rotatable bonds is 14. The molecule has 0 spiro atoms. The molecule has 0 unspecified atom stereocenters. The van der Waals surface area contributed by atoms with Crippen molar-refractivity contribution in [1.29, 1.82) is 0 Å². The van der Waals surface area contributed by atoms with Gasteiger partial charge in [-0.25, -0.2) is 0 Å². The zero-order valence-corrected chi connectivity index (χ0v) is 23.6. The van der Waals surface area contributed by atoms with E-state index in [2.05, 4.69) is 6.58 Å². The summed E-state index contributed by atoms with van der Waals surface area (Å²) < 4.78 is 25.1. The standard InChI is InChI=1S/C34H39NO6/c1-3-4-20-32(37)35-21-31(39-22-27-14-8-5-9-15-27)34(41-24-29-18-12-7-13-19-29)33(30(35)25-38-26(2)36)40-23-28-16-10-6-11-17-28/h3,5-19,30-31,33-34H,1,4,20-25H2,2H3/t30-,31+,33-,34-/m1/s1. The van der Waals surface area contributed by atoms with Crippen molar-refractivity contribution in [1.82, 2.24) is 4.90 Å². The van der Waals surface area contributed by atoms with E-state index in [-0.39, 0.29) is 25.5 Å². The van der Waals surface area contributed by atoms with Gasteiger partial charge in [0.2, 0.25) is 5.91 Å². The number of benzene rings is 3. The van der Waals surface area contributed by atoms with Crippen LogP contribution in [0.25, 0.3) is 0 Å². The number of allylic oxidation sites excluding steroid dienone is 1. The summed E-state index contributed by atoms with van der Waals surface area (Å²) in [6.45, 7) is 6.39. The Morgan fingerprint density at radius 1 is 0.780 bits per heavy atom. The van der Waals surface area contributed by atoms with Crippen molar-refractivity contribution in [2.75, 3.05) is 13.2 Å². The van der Waals surface area contributed by atoms with Gasteiger partial charge < -0.3 is 23.8 Å². The smallest absolute Gasteiger partial charge is 0.302 e. The van der Waals surface area contributed by atoms with E-state index in [0.29, 0.717) is 26.2 Å². The van der Waals surface area contributed by atoms with Gasteiger partial charge >= 0.3 is 5.97 Å². The number of carbonyl (C=O) groups excluding carboxylic acids is 2. The Kier molecular flexibility index (Phi) is 11.7. The van der Waals surface area contributed by atoms with E-state index in [0.717, 1.165) is 16.7 Å². The van der Waals surface area contributed by atoms with Gasteiger partial charge in [-0.2, -0.15) is 0 Å². The van der Waals surface area contributed by atoms with Crippen molar-refractivity contribution in [2.24, 2.45) is 0 Å². The first-order valence-electron chi connectivity index (χ1n) is 14.1. The van der Waals surface area contributed by atoms with Crippen molar-refractivity contribution in [3.63, 3.8) is 0 Å². The molecule has 216 valence electrons. The van der Waals surface area contributed by atoms with Crippen LogP contribution in [-0.2, 0) is 48.4 Å². The highest BCUT2D eigenvalue weighted by Crippen LogP contribution is 2.30. The van der Waals surface area contributed by atoms with Crippen LogP contribution in [0.2, 0.25) is 0 Å². The maximum absolute atomic E-state index is 13.5. The quantitative estimate of drug-likeness (QED) is 0.193. The molecule has 7 nitrogen and oxygen atoms in total. The number of piperidine rings is 1. The lowest BCUT2D eigenvalue weighted by Gasteiger charge is -2.48. The van der Waals surface area contributed by atoms with Crippen LogP contribution in [0.3, 0.4) is 0 Å². The van der Waals surface area contributed by atoms with Crippen LogP contribution >= 0.6 is 0 Å². The minimum absolute atomic E-state index is 0.00871. The summed E-state index contributed by atoms with van der Waals surface area (Å²) in [7, 11) is 0. The van der Waals surface area contributed by atoms with Crippen molar-refractivity contribution in [2.45, 2.75) is 63.9 Å². The molecule has 0 saturated carbocycles. The molecule has 1 aliphatic heterocycles. The van der Waals surface area contributed by atoms with E-state index in [1.165, 1.54) is 6.92 Å². The molecule has 1 fully saturated rings. The molecule has 1 aliphatic rings. The second kappa shape index (κ2) is 15.9. The van der Waals surface area contributed by atoms with Crippen LogP contribution in [-0.4, -0.2) is 54.3 Å². The number of hydrogen-bond acceptors (Lipinski definition) is 6. The Hall–Kier alpha value is -3.78. The minimum atomic E-state index is -0.625. The van der Waals surface area contributed by atoms with Crippen molar-refractivity contribution in [3.8, 4) is 0 Å². The summed E-state index contributed by atoms with van der Waals surface area (Å²) in [6, 6.07) is 29.1. The molecule has 3 aromatic rings. The van der Waals surface area contributed by atoms with Gasteiger partial charge in [0, 0.05) is 13.3 Å². The van der Waals surface area contributed by atoms with E-state index in [1.807, 2.05) is 91.0 Å². The molecule has 1 heterocycles. The first kappa shape index (κ1) is 30.2. The largest absolute Gasteiger partial charge is 0.464 e. The Labute approximate surface area is 242 Å². The Morgan fingerprint density at radius 2 is 1.27 bits per heavy atom. The first-order chi connectivity index (χ1) is 20.0. The SMILES string of the molecule is C=CCCC(=O)N1C[C@H](OCc2ccccc2)[C@@H](OCc2ccccc2)[C@H](OCc2ccccc2)[C@H]1COC(C)=O. The average Bonchev–Trinajstić information content (AvgIpc) is 3.01. The predicted molar refractivity (Wildman–Crippen MR) is 157 cm³/mol. The van der Waals surface area contributed by atoms with Crippen molar-refractivity contribution in [3.05, 3.63) is 120 Å². The summed E-state index contributed by atoms with van der Waals surface area (Å²) in [5, 5.41) is 0. The van der Waals surface area contributed by atoms with E-state index < -0.39 is 30.3 Å². The van der Waals surface area contributed by atoms with Crippen molar-refractivity contribution < 1.29 is 28.5 Å². The molecule has 0 N–H and O–H groups in total. The molecule has 0 bridgehead atoms. The molecule has 41 heavy (non-hydrogen) atoms. The predicted octanol–water partition coefficient (Wildman–Crippen LogP) is 5.48. The highest BCUT2D eigenvalue weighted by molar-refractivity contribution is 5.77. The van der Waals surface area contributed by atoms with Crippen LogP contribution in [0.4, 0.5) is 0 Å².